The maximum atomic E-state index is 11.2. The number of anilines is 1. The van der Waals surface area contributed by atoms with E-state index in [2.05, 4.69) is 15.0 Å². The average molecular weight is 311 g/mol. The van der Waals surface area contributed by atoms with Gasteiger partial charge in [-0.2, -0.15) is 0 Å². The van der Waals surface area contributed by atoms with E-state index < -0.39 is 0 Å². The number of esters is 1. The number of hydrogen-bond acceptors (Lipinski definition) is 5. The quantitative estimate of drug-likeness (QED) is 0.856. The molecule has 106 valence electrons. The lowest BCUT2D eigenvalue weighted by molar-refractivity contribution is -0.139. The predicted molar refractivity (Wildman–Crippen MR) is 81.3 cm³/mol. The Labute approximate surface area is 126 Å². The molecule has 1 aromatic carbocycles. The number of carbonyl (C=O) groups excluding carboxylic acids is 1. The summed E-state index contributed by atoms with van der Waals surface area (Å²) in [7, 11) is 1.37. The molecule has 1 unspecified atom stereocenters. The Morgan fingerprint density at radius 3 is 2.95 bits per heavy atom. The van der Waals surface area contributed by atoms with Crippen LogP contribution in [-0.2, 0) is 16.0 Å². The van der Waals surface area contributed by atoms with Gasteiger partial charge in [-0.3, -0.25) is 4.79 Å². The minimum atomic E-state index is -0.291. The molecule has 2 aromatic rings. The molecule has 20 heavy (non-hydrogen) atoms. The summed E-state index contributed by atoms with van der Waals surface area (Å²) in [6.45, 7) is 2.02. The molecule has 1 aromatic heterocycles. The minimum Gasteiger partial charge on any atom is -0.469 e. The van der Waals surface area contributed by atoms with Crippen LogP contribution >= 0.6 is 22.9 Å². The highest BCUT2D eigenvalue weighted by atomic mass is 35.5. The Bertz CT molecular complexity index is 600. The van der Waals surface area contributed by atoms with Gasteiger partial charge in [0.1, 0.15) is 0 Å². The van der Waals surface area contributed by atoms with Crippen molar-refractivity contribution >= 4 is 34.0 Å². The number of nitrogens with zero attached hydrogens (tertiary/aromatic N) is 1. The second-order valence-electron chi connectivity index (χ2n) is 4.28. The molecule has 0 saturated heterocycles. The topological polar surface area (TPSA) is 51.2 Å². The van der Waals surface area contributed by atoms with E-state index in [1.807, 2.05) is 36.6 Å². The Balaban J connectivity index is 2.03. The van der Waals surface area contributed by atoms with E-state index in [4.69, 9.17) is 11.6 Å². The smallest absolute Gasteiger partial charge is 0.311 e. The summed E-state index contributed by atoms with van der Waals surface area (Å²) in [6.07, 6.45) is 0.190. The highest BCUT2D eigenvalue weighted by molar-refractivity contribution is 7.13. The summed E-state index contributed by atoms with van der Waals surface area (Å²) in [6, 6.07) is 7.73. The van der Waals surface area contributed by atoms with Gasteiger partial charge in [0, 0.05) is 10.4 Å². The van der Waals surface area contributed by atoms with E-state index in [0.29, 0.717) is 5.69 Å². The normalized spacial score (nSPS) is 11.9. The largest absolute Gasteiger partial charge is 0.469 e. The van der Waals surface area contributed by atoms with Crippen molar-refractivity contribution in [1.29, 1.82) is 0 Å². The zero-order chi connectivity index (χ0) is 14.5. The van der Waals surface area contributed by atoms with Crippen LogP contribution in [0, 0.1) is 0 Å². The number of ether oxygens (including phenoxy) is 1. The molecule has 1 heterocycles. The zero-order valence-electron chi connectivity index (χ0n) is 11.2. The van der Waals surface area contributed by atoms with Crippen LogP contribution in [0.2, 0.25) is 5.02 Å². The monoisotopic (exact) mass is 310 g/mol. The second kappa shape index (κ2) is 6.72. The number of rotatable bonds is 5. The summed E-state index contributed by atoms with van der Waals surface area (Å²) < 4.78 is 4.62. The number of thiazole rings is 1. The molecule has 2 rings (SSSR count). The molecule has 0 fully saturated rings. The zero-order valence-corrected chi connectivity index (χ0v) is 12.8. The Hall–Kier alpha value is -1.59. The number of carbonyl (C=O) groups is 1. The SMILES string of the molecule is COC(=O)Cc1csc(NC(C)c2ccccc2Cl)n1. The van der Waals surface area contributed by atoms with Gasteiger partial charge in [0.05, 0.1) is 25.3 Å². The molecule has 1 N–H and O–H groups in total. The van der Waals surface area contributed by atoms with E-state index in [1.165, 1.54) is 18.4 Å². The third-order valence-electron chi connectivity index (χ3n) is 2.82. The van der Waals surface area contributed by atoms with Gasteiger partial charge in [0.25, 0.3) is 0 Å². The molecular weight excluding hydrogens is 296 g/mol. The van der Waals surface area contributed by atoms with E-state index >= 15 is 0 Å². The highest BCUT2D eigenvalue weighted by Gasteiger charge is 2.12. The van der Waals surface area contributed by atoms with Crippen molar-refractivity contribution < 1.29 is 9.53 Å². The van der Waals surface area contributed by atoms with Crippen molar-refractivity contribution in [3.05, 3.63) is 45.9 Å². The highest BCUT2D eigenvalue weighted by Crippen LogP contribution is 2.27. The van der Waals surface area contributed by atoms with E-state index in [0.717, 1.165) is 15.7 Å². The molecule has 0 aliphatic rings. The van der Waals surface area contributed by atoms with Gasteiger partial charge in [-0.1, -0.05) is 29.8 Å². The first-order valence-electron chi connectivity index (χ1n) is 6.12. The van der Waals surface area contributed by atoms with Crippen molar-refractivity contribution in [2.75, 3.05) is 12.4 Å². The molecule has 0 saturated carbocycles. The van der Waals surface area contributed by atoms with Crippen LogP contribution in [-0.4, -0.2) is 18.1 Å². The van der Waals surface area contributed by atoms with Crippen LogP contribution in [0.3, 0.4) is 0 Å². The molecule has 0 bridgehead atoms. The Morgan fingerprint density at radius 2 is 2.25 bits per heavy atom. The van der Waals surface area contributed by atoms with Crippen LogP contribution < -0.4 is 5.32 Å². The van der Waals surface area contributed by atoms with Crippen LogP contribution in [0.25, 0.3) is 0 Å². The number of benzene rings is 1. The third kappa shape index (κ3) is 3.71. The first-order valence-corrected chi connectivity index (χ1v) is 7.38. The van der Waals surface area contributed by atoms with Crippen LogP contribution in [0.15, 0.2) is 29.6 Å². The molecule has 0 aliphatic carbocycles. The molecule has 0 spiro atoms. The standard InChI is InChI=1S/C14H15ClN2O2S/c1-9(11-5-3-4-6-12(11)15)16-14-17-10(8-20-14)7-13(18)19-2/h3-6,8-9H,7H2,1-2H3,(H,16,17). The lowest BCUT2D eigenvalue weighted by Gasteiger charge is -2.14. The van der Waals surface area contributed by atoms with Gasteiger partial charge in [-0.15, -0.1) is 11.3 Å². The van der Waals surface area contributed by atoms with Gasteiger partial charge < -0.3 is 10.1 Å². The Morgan fingerprint density at radius 1 is 1.50 bits per heavy atom. The lowest BCUT2D eigenvalue weighted by atomic mass is 10.1. The fourth-order valence-corrected chi connectivity index (χ4v) is 2.86. The molecule has 0 amide bonds. The predicted octanol–water partition coefficient (Wildman–Crippen LogP) is 3.69. The number of nitrogens with one attached hydrogen (secondary N) is 1. The van der Waals surface area contributed by atoms with Crippen LogP contribution in [0.5, 0.6) is 0 Å². The first kappa shape index (κ1) is 14.8. The van der Waals surface area contributed by atoms with Gasteiger partial charge >= 0.3 is 5.97 Å². The molecule has 4 nitrogen and oxygen atoms in total. The summed E-state index contributed by atoms with van der Waals surface area (Å²) >= 11 is 7.62. The van der Waals surface area contributed by atoms with Crippen molar-refractivity contribution in [2.45, 2.75) is 19.4 Å². The third-order valence-corrected chi connectivity index (χ3v) is 3.98. The van der Waals surface area contributed by atoms with Crippen molar-refractivity contribution in [3.63, 3.8) is 0 Å². The summed E-state index contributed by atoms with van der Waals surface area (Å²) in [5.41, 5.74) is 1.72. The number of halogens is 1. The van der Waals surface area contributed by atoms with Crippen molar-refractivity contribution in [3.8, 4) is 0 Å². The first-order chi connectivity index (χ1) is 9.60. The van der Waals surface area contributed by atoms with Crippen LogP contribution in [0.1, 0.15) is 24.2 Å². The fraction of sp³-hybridized carbons (Fsp3) is 0.286. The fourth-order valence-electron chi connectivity index (χ4n) is 1.76. The number of aromatic nitrogens is 1. The van der Waals surface area contributed by atoms with E-state index in [-0.39, 0.29) is 18.4 Å². The number of hydrogen-bond donors (Lipinski definition) is 1. The van der Waals surface area contributed by atoms with Gasteiger partial charge in [0.15, 0.2) is 5.13 Å². The maximum absolute atomic E-state index is 11.2. The van der Waals surface area contributed by atoms with Gasteiger partial charge in [0.2, 0.25) is 0 Å². The van der Waals surface area contributed by atoms with E-state index in [1.54, 1.807) is 0 Å². The van der Waals surface area contributed by atoms with Gasteiger partial charge in [-0.25, -0.2) is 4.98 Å². The Kier molecular flexibility index (Phi) is 4.98. The van der Waals surface area contributed by atoms with Crippen molar-refractivity contribution in [2.24, 2.45) is 0 Å². The van der Waals surface area contributed by atoms with Crippen molar-refractivity contribution in [1.82, 2.24) is 4.98 Å². The maximum Gasteiger partial charge on any atom is 0.311 e. The molecule has 0 aliphatic heterocycles. The summed E-state index contributed by atoms with van der Waals surface area (Å²) in [5, 5.41) is 6.61. The molecule has 0 radical (unpaired) electrons. The average Bonchev–Trinajstić information content (AvgIpc) is 2.86. The van der Waals surface area contributed by atoms with E-state index in [9.17, 15) is 4.79 Å². The molecule has 1 atom stereocenters. The van der Waals surface area contributed by atoms with Gasteiger partial charge in [-0.05, 0) is 18.6 Å². The number of methoxy groups -OCH3 is 1. The van der Waals surface area contributed by atoms with Crippen LogP contribution in [0.4, 0.5) is 5.13 Å². The lowest BCUT2D eigenvalue weighted by Crippen LogP contribution is -2.08. The molecular formula is C14H15ClN2O2S. The molecule has 6 heteroatoms. The summed E-state index contributed by atoms with van der Waals surface area (Å²) in [4.78, 5) is 15.5. The minimum absolute atomic E-state index is 0.0424. The summed E-state index contributed by atoms with van der Waals surface area (Å²) in [5.74, 6) is -0.291. The second-order valence-corrected chi connectivity index (χ2v) is 5.55.